The van der Waals surface area contributed by atoms with Gasteiger partial charge >= 0.3 is 0 Å². The van der Waals surface area contributed by atoms with Crippen molar-refractivity contribution in [3.8, 4) is 17.2 Å². The lowest BCUT2D eigenvalue weighted by molar-refractivity contribution is 0.295. The predicted molar refractivity (Wildman–Crippen MR) is 110 cm³/mol. The largest absolute Gasteiger partial charge is 0.505 e. The average molecular weight is 373 g/mol. The second-order valence-corrected chi connectivity index (χ2v) is 7.84. The summed E-state index contributed by atoms with van der Waals surface area (Å²) in [5, 5.41) is 19.7. The summed E-state index contributed by atoms with van der Waals surface area (Å²) in [6, 6.07) is 21.2. The predicted octanol–water partition coefficient (Wildman–Crippen LogP) is 5.00. The van der Waals surface area contributed by atoms with Gasteiger partial charge in [0.25, 0.3) is 0 Å². The molecule has 0 radical (unpaired) electrons. The number of aromatic hydroxyl groups is 1. The van der Waals surface area contributed by atoms with E-state index in [1.54, 1.807) is 6.07 Å². The minimum absolute atomic E-state index is 0.0800. The number of benzene rings is 3. The maximum absolute atomic E-state index is 10.7. The lowest BCUT2D eigenvalue weighted by atomic mass is 9.86. The fourth-order valence-corrected chi connectivity index (χ4v) is 3.13. The number of rotatable bonds is 4. The van der Waals surface area contributed by atoms with Crippen LogP contribution >= 0.6 is 0 Å². The van der Waals surface area contributed by atoms with Crippen LogP contribution in [0, 0.1) is 0 Å². The van der Waals surface area contributed by atoms with Gasteiger partial charge in [-0.15, -0.1) is 15.0 Å². The normalized spacial score (nSPS) is 11.7. The monoisotopic (exact) mass is 373 g/mol. The molecule has 5 nitrogen and oxygen atoms in total. The SMILES string of the molecule is CC(C)(C)c1cc(-n2nc3ccccc3n2)c(O)cc1OCc1ccccc1. The van der Waals surface area contributed by atoms with Crippen LogP contribution in [0.4, 0.5) is 0 Å². The second kappa shape index (κ2) is 7.00. The molecule has 142 valence electrons. The Morgan fingerprint density at radius 1 is 0.893 bits per heavy atom. The van der Waals surface area contributed by atoms with Crippen LogP contribution < -0.4 is 4.74 Å². The molecule has 0 fully saturated rings. The Morgan fingerprint density at radius 3 is 2.11 bits per heavy atom. The number of nitrogens with zero attached hydrogens (tertiary/aromatic N) is 3. The van der Waals surface area contributed by atoms with Crippen molar-refractivity contribution >= 4 is 11.0 Å². The highest BCUT2D eigenvalue weighted by molar-refractivity contribution is 5.73. The maximum Gasteiger partial charge on any atom is 0.146 e. The molecule has 4 aromatic rings. The Labute approximate surface area is 164 Å². The van der Waals surface area contributed by atoms with Gasteiger partial charge in [0.1, 0.15) is 34.8 Å². The Morgan fingerprint density at radius 2 is 1.50 bits per heavy atom. The van der Waals surface area contributed by atoms with Gasteiger partial charge in [-0.05, 0) is 29.2 Å². The minimum Gasteiger partial charge on any atom is -0.505 e. The van der Waals surface area contributed by atoms with Crippen molar-refractivity contribution in [1.29, 1.82) is 0 Å². The Hall–Kier alpha value is -3.34. The molecule has 0 bridgehead atoms. The van der Waals surface area contributed by atoms with Gasteiger partial charge in [-0.2, -0.15) is 0 Å². The van der Waals surface area contributed by atoms with Gasteiger partial charge in [0.15, 0.2) is 0 Å². The third-order valence-electron chi connectivity index (χ3n) is 4.62. The Bertz CT molecular complexity index is 1080. The Balaban J connectivity index is 1.75. The van der Waals surface area contributed by atoms with Crippen LogP contribution in [0.2, 0.25) is 0 Å². The van der Waals surface area contributed by atoms with E-state index < -0.39 is 0 Å². The molecule has 28 heavy (non-hydrogen) atoms. The lowest BCUT2D eigenvalue weighted by Gasteiger charge is -2.24. The van der Waals surface area contributed by atoms with Gasteiger partial charge < -0.3 is 9.84 Å². The van der Waals surface area contributed by atoms with Crippen molar-refractivity contribution in [2.45, 2.75) is 32.8 Å². The first-order valence-corrected chi connectivity index (χ1v) is 9.28. The molecule has 0 aliphatic heterocycles. The molecule has 0 amide bonds. The molecule has 0 saturated heterocycles. The molecule has 0 atom stereocenters. The van der Waals surface area contributed by atoms with Crippen molar-refractivity contribution in [1.82, 2.24) is 15.0 Å². The van der Waals surface area contributed by atoms with E-state index in [9.17, 15) is 5.11 Å². The van der Waals surface area contributed by atoms with E-state index in [4.69, 9.17) is 4.74 Å². The van der Waals surface area contributed by atoms with E-state index in [1.165, 1.54) is 4.80 Å². The Kier molecular flexibility index (Phi) is 4.51. The molecule has 0 unspecified atom stereocenters. The van der Waals surface area contributed by atoms with Crippen LogP contribution in [0.3, 0.4) is 0 Å². The highest BCUT2D eigenvalue weighted by Gasteiger charge is 2.23. The zero-order chi connectivity index (χ0) is 19.7. The molecule has 1 aromatic heterocycles. The molecule has 0 aliphatic carbocycles. The fraction of sp³-hybridized carbons (Fsp3) is 0.217. The van der Waals surface area contributed by atoms with Gasteiger partial charge in [-0.1, -0.05) is 63.2 Å². The summed E-state index contributed by atoms with van der Waals surface area (Å²) in [6.45, 7) is 6.79. The number of ether oxygens (including phenoxy) is 1. The van der Waals surface area contributed by atoms with Crippen LogP contribution in [0.15, 0.2) is 66.7 Å². The van der Waals surface area contributed by atoms with E-state index in [1.807, 2.05) is 60.7 Å². The summed E-state index contributed by atoms with van der Waals surface area (Å²) >= 11 is 0. The molecular formula is C23H23N3O2. The first kappa shape index (κ1) is 18.0. The molecule has 1 heterocycles. The van der Waals surface area contributed by atoms with Crippen LogP contribution in [0.5, 0.6) is 11.5 Å². The highest BCUT2D eigenvalue weighted by Crippen LogP contribution is 2.38. The van der Waals surface area contributed by atoms with Gasteiger partial charge in [0.2, 0.25) is 0 Å². The number of phenolic OH excluding ortho intramolecular Hbond substituents is 1. The van der Waals surface area contributed by atoms with Gasteiger partial charge in [0, 0.05) is 11.6 Å². The third-order valence-corrected chi connectivity index (χ3v) is 4.62. The first-order chi connectivity index (χ1) is 13.4. The number of hydrogen-bond donors (Lipinski definition) is 1. The van der Waals surface area contributed by atoms with Crippen LogP contribution in [-0.4, -0.2) is 20.1 Å². The number of aromatic nitrogens is 3. The molecule has 4 rings (SSSR count). The summed E-state index contributed by atoms with van der Waals surface area (Å²) in [5.41, 5.74) is 3.98. The molecule has 0 spiro atoms. The molecule has 5 heteroatoms. The standard InChI is InChI=1S/C23H23N3O2/c1-23(2,3)17-13-20(26-24-18-11-7-8-12-19(18)25-26)21(27)14-22(17)28-15-16-9-5-4-6-10-16/h4-14,27H,15H2,1-3H3. The van der Waals surface area contributed by atoms with Gasteiger partial charge in [0.05, 0.1) is 0 Å². The summed E-state index contributed by atoms with van der Waals surface area (Å²) in [7, 11) is 0. The minimum atomic E-state index is -0.180. The molecule has 0 aliphatic rings. The highest BCUT2D eigenvalue weighted by atomic mass is 16.5. The molecule has 0 saturated carbocycles. The molecule has 1 N–H and O–H groups in total. The van der Waals surface area contributed by atoms with Crippen molar-refractivity contribution in [2.24, 2.45) is 0 Å². The smallest absolute Gasteiger partial charge is 0.146 e. The topological polar surface area (TPSA) is 60.2 Å². The van der Waals surface area contributed by atoms with Crippen molar-refractivity contribution < 1.29 is 9.84 Å². The number of hydrogen-bond acceptors (Lipinski definition) is 4. The zero-order valence-electron chi connectivity index (χ0n) is 16.3. The molecule has 3 aromatic carbocycles. The van der Waals surface area contributed by atoms with Gasteiger partial charge in [-0.25, -0.2) is 0 Å². The van der Waals surface area contributed by atoms with E-state index in [0.29, 0.717) is 18.0 Å². The van der Waals surface area contributed by atoms with Crippen molar-refractivity contribution in [3.05, 3.63) is 77.9 Å². The van der Waals surface area contributed by atoms with E-state index >= 15 is 0 Å². The van der Waals surface area contributed by atoms with E-state index in [0.717, 1.165) is 22.2 Å². The van der Waals surface area contributed by atoms with Crippen LogP contribution in [0.1, 0.15) is 31.9 Å². The van der Waals surface area contributed by atoms with E-state index in [2.05, 4.69) is 31.0 Å². The average Bonchev–Trinajstić information content (AvgIpc) is 3.10. The summed E-state index contributed by atoms with van der Waals surface area (Å²) < 4.78 is 6.07. The summed E-state index contributed by atoms with van der Waals surface area (Å²) in [5.74, 6) is 0.741. The number of fused-ring (bicyclic) bond motifs is 1. The zero-order valence-corrected chi connectivity index (χ0v) is 16.3. The fourth-order valence-electron chi connectivity index (χ4n) is 3.13. The lowest BCUT2D eigenvalue weighted by Crippen LogP contribution is -2.15. The maximum atomic E-state index is 10.7. The quantitative estimate of drug-likeness (QED) is 0.547. The van der Waals surface area contributed by atoms with Gasteiger partial charge in [-0.3, -0.25) is 0 Å². The molecular weight excluding hydrogens is 350 g/mol. The third kappa shape index (κ3) is 3.56. The van der Waals surface area contributed by atoms with Crippen molar-refractivity contribution in [3.63, 3.8) is 0 Å². The van der Waals surface area contributed by atoms with Crippen LogP contribution in [-0.2, 0) is 12.0 Å². The number of phenols is 1. The van der Waals surface area contributed by atoms with Crippen molar-refractivity contribution in [2.75, 3.05) is 0 Å². The first-order valence-electron chi connectivity index (χ1n) is 9.28. The summed E-state index contributed by atoms with van der Waals surface area (Å²) in [4.78, 5) is 1.48. The summed E-state index contributed by atoms with van der Waals surface area (Å²) in [6.07, 6.45) is 0. The van der Waals surface area contributed by atoms with Crippen LogP contribution in [0.25, 0.3) is 16.7 Å². The second-order valence-electron chi connectivity index (χ2n) is 7.84. The van der Waals surface area contributed by atoms with E-state index in [-0.39, 0.29) is 11.2 Å².